The van der Waals surface area contributed by atoms with Crippen molar-refractivity contribution < 1.29 is 5.11 Å². The van der Waals surface area contributed by atoms with Crippen molar-refractivity contribution in [2.24, 2.45) is 0 Å². The molecule has 0 aliphatic carbocycles. The van der Waals surface area contributed by atoms with Crippen LogP contribution in [0.1, 0.15) is 31.2 Å². The molecule has 1 aromatic rings. The number of aromatic nitrogens is 1. The van der Waals surface area contributed by atoms with Gasteiger partial charge in [-0.05, 0) is 31.7 Å². The molecule has 2 atom stereocenters. The number of nitriles is 1. The van der Waals surface area contributed by atoms with Gasteiger partial charge in [0.1, 0.15) is 16.9 Å². The fourth-order valence-electron chi connectivity index (χ4n) is 3.19. The van der Waals surface area contributed by atoms with Crippen molar-refractivity contribution in [1.82, 2.24) is 4.98 Å². The fraction of sp³-hybridized carbons (Fsp3) is 0.538. The van der Waals surface area contributed by atoms with Crippen molar-refractivity contribution in [3.05, 3.63) is 22.8 Å². The van der Waals surface area contributed by atoms with Gasteiger partial charge in [-0.3, -0.25) is 0 Å². The van der Waals surface area contributed by atoms with Crippen LogP contribution >= 0.6 is 11.6 Å². The Bertz CT molecular complexity index is 499. The van der Waals surface area contributed by atoms with E-state index in [0.717, 1.165) is 25.7 Å². The molecule has 18 heavy (non-hydrogen) atoms. The zero-order chi connectivity index (χ0) is 12.7. The first-order valence-corrected chi connectivity index (χ1v) is 6.59. The van der Waals surface area contributed by atoms with Gasteiger partial charge in [-0.15, -0.1) is 0 Å². The minimum absolute atomic E-state index is 0.211. The first-order valence-electron chi connectivity index (χ1n) is 6.21. The third kappa shape index (κ3) is 1.75. The zero-order valence-corrected chi connectivity index (χ0v) is 10.6. The Labute approximate surface area is 111 Å². The van der Waals surface area contributed by atoms with E-state index in [-0.39, 0.29) is 6.10 Å². The highest BCUT2D eigenvalue weighted by molar-refractivity contribution is 6.34. The van der Waals surface area contributed by atoms with E-state index in [1.807, 2.05) is 0 Å². The van der Waals surface area contributed by atoms with Gasteiger partial charge in [0.15, 0.2) is 0 Å². The van der Waals surface area contributed by atoms with E-state index in [1.54, 1.807) is 12.3 Å². The molecule has 5 heteroatoms. The fourth-order valence-corrected chi connectivity index (χ4v) is 3.44. The molecule has 94 valence electrons. The standard InChI is InChI=1S/C13H14ClN3O/c14-12-8(7-15)3-4-16-13(12)17-9-1-2-10(17)6-11(18)5-9/h3-4,9-11,18H,1-2,5-6H2. The van der Waals surface area contributed by atoms with Crippen LogP contribution in [0.2, 0.25) is 5.02 Å². The number of rotatable bonds is 1. The second-order valence-corrected chi connectivity index (χ2v) is 5.40. The number of anilines is 1. The summed E-state index contributed by atoms with van der Waals surface area (Å²) in [6, 6.07) is 4.32. The van der Waals surface area contributed by atoms with Crippen molar-refractivity contribution in [2.75, 3.05) is 4.90 Å². The maximum absolute atomic E-state index is 9.79. The number of pyridine rings is 1. The van der Waals surface area contributed by atoms with E-state index in [1.165, 1.54) is 0 Å². The van der Waals surface area contributed by atoms with E-state index in [9.17, 15) is 5.11 Å². The molecule has 2 aliphatic rings. The maximum Gasteiger partial charge on any atom is 0.149 e. The molecular weight excluding hydrogens is 250 g/mol. The summed E-state index contributed by atoms with van der Waals surface area (Å²) in [6.45, 7) is 0. The van der Waals surface area contributed by atoms with Crippen molar-refractivity contribution in [1.29, 1.82) is 5.26 Å². The first-order chi connectivity index (χ1) is 8.70. The first kappa shape index (κ1) is 11.8. The largest absolute Gasteiger partial charge is 0.393 e. The van der Waals surface area contributed by atoms with Crippen LogP contribution in [0.3, 0.4) is 0 Å². The smallest absolute Gasteiger partial charge is 0.149 e. The number of hydrogen-bond acceptors (Lipinski definition) is 4. The van der Waals surface area contributed by atoms with Crippen LogP contribution in [0.15, 0.2) is 12.3 Å². The molecule has 1 aromatic heterocycles. The molecule has 1 N–H and O–H groups in total. The third-order valence-electron chi connectivity index (χ3n) is 3.94. The minimum Gasteiger partial charge on any atom is -0.393 e. The predicted molar refractivity (Wildman–Crippen MR) is 68.5 cm³/mol. The molecule has 2 aliphatic heterocycles. The molecule has 0 aromatic carbocycles. The molecule has 2 saturated heterocycles. The monoisotopic (exact) mass is 263 g/mol. The summed E-state index contributed by atoms with van der Waals surface area (Å²) >= 11 is 6.25. The summed E-state index contributed by atoms with van der Waals surface area (Å²) < 4.78 is 0. The van der Waals surface area contributed by atoms with Gasteiger partial charge in [0, 0.05) is 18.3 Å². The summed E-state index contributed by atoms with van der Waals surface area (Å²) in [5.74, 6) is 0.704. The lowest BCUT2D eigenvalue weighted by Gasteiger charge is -2.38. The van der Waals surface area contributed by atoms with Gasteiger partial charge in [0.25, 0.3) is 0 Å². The van der Waals surface area contributed by atoms with E-state index < -0.39 is 0 Å². The van der Waals surface area contributed by atoms with Crippen LogP contribution in [0, 0.1) is 11.3 Å². The van der Waals surface area contributed by atoms with Gasteiger partial charge >= 0.3 is 0 Å². The Morgan fingerprint density at radius 2 is 2.06 bits per heavy atom. The Balaban J connectivity index is 1.99. The van der Waals surface area contributed by atoms with Gasteiger partial charge in [-0.1, -0.05) is 11.6 Å². The average molecular weight is 264 g/mol. The summed E-state index contributed by atoms with van der Waals surface area (Å²) in [7, 11) is 0. The molecule has 2 bridgehead atoms. The lowest BCUT2D eigenvalue weighted by atomic mass is 10.00. The van der Waals surface area contributed by atoms with Gasteiger partial charge in [-0.25, -0.2) is 4.98 Å². The van der Waals surface area contributed by atoms with Crippen LogP contribution in [0.5, 0.6) is 0 Å². The molecule has 3 heterocycles. The number of aliphatic hydroxyl groups excluding tert-OH is 1. The number of aliphatic hydroxyl groups is 1. The summed E-state index contributed by atoms with van der Waals surface area (Å²) in [5, 5.41) is 19.2. The molecule has 2 fully saturated rings. The Morgan fingerprint density at radius 1 is 1.39 bits per heavy atom. The van der Waals surface area contributed by atoms with Gasteiger partial charge < -0.3 is 10.0 Å². The lowest BCUT2D eigenvalue weighted by Crippen LogP contribution is -2.45. The predicted octanol–water partition coefficient (Wildman–Crippen LogP) is 2.10. The van der Waals surface area contributed by atoms with Crippen molar-refractivity contribution in [3.8, 4) is 6.07 Å². The SMILES string of the molecule is N#Cc1ccnc(N2C3CCC2CC(O)C3)c1Cl. The highest BCUT2D eigenvalue weighted by Gasteiger charge is 2.41. The molecule has 3 rings (SSSR count). The topological polar surface area (TPSA) is 60.2 Å². The van der Waals surface area contributed by atoms with Crippen LogP contribution < -0.4 is 4.90 Å². The number of nitrogens with zero attached hydrogens (tertiary/aromatic N) is 3. The van der Waals surface area contributed by atoms with Crippen molar-refractivity contribution in [2.45, 2.75) is 43.9 Å². The second-order valence-electron chi connectivity index (χ2n) is 5.03. The van der Waals surface area contributed by atoms with Gasteiger partial charge in [-0.2, -0.15) is 5.26 Å². The normalized spacial score (nSPS) is 30.3. The zero-order valence-electron chi connectivity index (χ0n) is 9.88. The van der Waals surface area contributed by atoms with Crippen LogP contribution in [0.4, 0.5) is 5.82 Å². The Hall–Kier alpha value is -1.31. The van der Waals surface area contributed by atoms with E-state index in [0.29, 0.717) is 28.5 Å². The Kier molecular flexibility index (Phi) is 2.89. The quantitative estimate of drug-likeness (QED) is 0.843. The third-order valence-corrected chi connectivity index (χ3v) is 4.32. The molecule has 0 radical (unpaired) electrons. The molecule has 0 spiro atoms. The molecule has 0 amide bonds. The number of halogens is 1. The number of hydrogen-bond donors (Lipinski definition) is 1. The van der Waals surface area contributed by atoms with Crippen LogP contribution in [0.25, 0.3) is 0 Å². The molecule has 4 nitrogen and oxygen atoms in total. The highest BCUT2D eigenvalue weighted by atomic mass is 35.5. The van der Waals surface area contributed by atoms with Crippen molar-refractivity contribution >= 4 is 17.4 Å². The van der Waals surface area contributed by atoms with Gasteiger partial charge in [0.05, 0.1) is 11.7 Å². The summed E-state index contributed by atoms with van der Waals surface area (Å²) in [4.78, 5) is 6.54. The summed E-state index contributed by atoms with van der Waals surface area (Å²) in [5.41, 5.74) is 0.465. The number of piperidine rings is 1. The van der Waals surface area contributed by atoms with Crippen molar-refractivity contribution in [3.63, 3.8) is 0 Å². The van der Waals surface area contributed by atoms with Crippen LogP contribution in [-0.4, -0.2) is 28.3 Å². The summed E-state index contributed by atoms with van der Waals surface area (Å²) in [6.07, 6.45) is 5.09. The lowest BCUT2D eigenvalue weighted by molar-refractivity contribution is 0.126. The second kappa shape index (κ2) is 4.42. The molecule has 0 saturated carbocycles. The Morgan fingerprint density at radius 3 is 2.67 bits per heavy atom. The van der Waals surface area contributed by atoms with Gasteiger partial charge in [0.2, 0.25) is 0 Å². The number of fused-ring (bicyclic) bond motifs is 2. The molecular formula is C13H14ClN3O. The van der Waals surface area contributed by atoms with Crippen LogP contribution in [-0.2, 0) is 0 Å². The van der Waals surface area contributed by atoms with E-state index in [4.69, 9.17) is 16.9 Å². The minimum atomic E-state index is -0.211. The van der Waals surface area contributed by atoms with E-state index in [2.05, 4.69) is 16.0 Å². The highest BCUT2D eigenvalue weighted by Crippen LogP contribution is 2.41. The average Bonchev–Trinajstić information content (AvgIpc) is 2.62. The maximum atomic E-state index is 9.79. The van der Waals surface area contributed by atoms with E-state index >= 15 is 0 Å². The molecule has 2 unspecified atom stereocenters.